The predicted molar refractivity (Wildman–Crippen MR) is 68.7 cm³/mol. The van der Waals surface area contributed by atoms with Crippen molar-refractivity contribution in [2.24, 2.45) is 0 Å². The third-order valence-electron chi connectivity index (χ3n) is 2.29. The average Bonchev–Trinajstić information content (AvgIpc) is 2.93. The molecule has 3 aromatic rings. The van der Waals surface area contributed by atoms with E-state index < -0.39 is 0 Å². The molecule has 92 valence electrons. The second-order valence-electron chi connectivity index (χ2n) is 3.60. The van der Waals surface area contributed by atoms with E-state index in [1.807, 2.05) is 13.0 Å². The maximum atomic E-state index is 5.89. The molecule has 0 aliphatic rings. The third kappa shape index (κ3) is 2.12. The van der Waals surface area contributed by atoms with E-state index in [9.17, 15) is 0 Å². The zero-order valence-corrected chi connectivity index (χ0v) is 10.9. The van der Waals surface area contributed by atoms with Crippen molar-refractivity contribution in [1.82, 2.24) is 30.6 Å². The second-order valence-corrected chi connectivity index (χ2v) is 5.17. The highest BCUT2D eigenvalue weighted by Crippen LogP contribution is 2.29. The van der Waals surface area contributed by atoms with E-state index in [4.69, 9.17) is 11.6 Å². The van der Waals surface area contributed by atoms with Crippen LogP contribution in [0.25, 0.3) is 10.2 Å². The molecule has 0 aliphatic carbocycles. The average molecular weight is 282 g/mol. The van der Waals surface area contributed by atoms with Crippen LogP contribution < -0.4 is 5.32 Å². The van der Waals surface area contributed by atoms with Crippen LogP contribution in [-0.4, -0.2) is 30.6 Å². The van der Waals surface area contributed by atoms with Crippen LogP contribution in [0.5, 0.6) is 0 Å². The fourth-order valence-corrected chi connectivity index (χ4v) is 2.67. The summed E-state index contributed by atoms with van der Waals surface area (Å²) in [6.07, 6.45) is 0. The van der Waals surface area contributed by atoms with E-state index in [2.05, 4.69) is 35.9 Å². The molecule has 0 unspecified atom stereocenters. The van der Waals surface area contributed by atoms with Crippen LogP contribution >= 0.6 is 22.9 Å². The number of nitrogens with zero attached hydrogens (tertiary/aromatic N) is 5. The first kappa shape index (κ1) is 11.3. The lowest BCUT2D eigenvalue weighted by Crippen LogP contribution is -2.04. The van der Waals surface area contributed by atoms with Gasteiger partial charge in [0.1, 0.15) is 10.6 Å². The number of H-pyrrole nitrogens is 1. The van der Waals surface area contributed by atoms with Crippen molar-refractivity contribution in [1.29, 1.82) is 0 Å². The van der Waals surface area contributed by atoms with Gasteiger partial charge in [-0.2, -0.15) is 5.21 Å². The maximum Gasteiger partial charge on any atom is 0.225 e. The first-order valence-corrected chi connectivity index (χ1v) is 6.32. The molecule has 0 spiro atoms. The molecule has 9 heteroatoms. The Bertz CT molecular complexity index is 678. The minimum atomic E-state index is 0.222. The summed E-state index contributed by atoms with van der Waals surface area (Å²) in [5.74, 6) is 1.24. The van der Waals surface area contributed by atoms with Crippen molar-refractivity contribution in [3.8, 4) is 0 Å². The Morgan fingerprint density at radius 3 is 3.11 bits per heavy atom. The van der Waals surface area contributed by atoms with Crippen molar-refractivity contribution < 1.29 is 0 Å². The highest BCUT2D eigenvalue weighted by molar-refractivity contribution is 7.18. The number of hydrogen-bond donors (Lipinski definition) is 2. The summed E-state index contributed by atoms with van der Waals surface area (Å²) in [7, 11) is 0. The molecular weight excluding hydrogens is 274 g/mol. The molecule has 3 heterocycles. The molecule has 0 bridgehead atoms. The molecule has 18 heavy (non-hydrogen) atoms. The van der Waals surface area contributed by atoms with Crippen LogP contribution in [0.3, 0.4) is 0 Å². The van der Waals surface area contributed by atoms with Gasteiger partial charge in [0.05, 0.1) is 11.9 Å². The topological polar surface area (TPSA) is 92.3 Å². The molecule has 0 saturated carbocycles. The van der Waals surface area contributed by atoms with Gasteiger partial charge in [-0.25, -0.2) is 9.97 Å². The van der Waals surface area contributed by atoms with E-state index in [1.165, 1.54) is 0 Å². The summed E-state index contributed by atoms with van der Waals surface area (Å²) in [6, 6.07) is 2.02. The molecule has 3 aromatic heterocycles. The Balaban J connectivity index is 1.95. The van der Waals surface area contributed by atoms with Crippen LogP contribution in [0.4, 0.5) is 5.82 Å². The summed E-state index contributed by atoms with van der Waals surface area (Å²) in [6.45, 7) is 2.44. The fourth-order valence-electron chi connectivity index (χ4n) is 1.57. The standard InChI is InChI=1S/C9H8ClN7S/c1-4-2-5-7(11-3-6-14-16-17-15-6)12-9(10)13-8(5)18-4/h2H,3H2,1H3,(H,11,12,13)(H,14,15,16,17). The van der Waals surface area contributed by atoms with E-state index in [0.717, 1.165) is 15.1 Å². The van der Waals surface area contributed by atoms with E-state index >= 15 is 0 Å². The number of nitrogens with one attached hydrogen (secondary N) is 2. The summed E-state index contributed by atoms with van der Waals surface area (Å²) in [4.78, 5) is 10.4. The van der Waals surface area contributed by atoms with Gasteiger partial charge in [0.15, 0.2) is 5.82 Å². The zero-order valence-electron chi connectivity index (χ0n) is 9.31. The number of tetrazole rings is 1. The van der Waals surface area contributed by atoms with Crippen molar-refractivity contribution >= 4 is 39.0 Å². The highest BCUT2D eigenvalue weighted by Gasteiger charge is 2.10. The SMILES string of the molecule is Cc1cc2c(NCc3nn[nH]n3)nc(Cl)nc2s1. The zero-order chi connectivity index (χ0) is 12.5. The number of rotatable bonds is 3. The van der Waals surface area contributed by atoms with Gasteiger partial charge in [-0.3, -0.25) is 0 Å². The lowest BCUT2D eigenvalue weighted by Gasteiger charge is -2.04. The predicted octanol–water partition coefficient (Wildman–Crippen LogP) is 1.78. The third-order valence-corrected chi connectivity index (χ3v) is 3.41. The fraction of sp³-hybridized carbons (Fsp3) is 0.222. The summed E-state index contributed by atoms with van der Waals surface area (Å²) >= 11 is 7.47. The quantitative estimate of drug-likeness (QED) is 0.711. The number of fused-ring (bicyclic) bond motifs is 1. The largest absolute Gasteiger partial charge is 0.362 e. The van der Waals surface area contributed by atoms with Crippen LogP contribution in [0.1, 0.15) is 10.7 Å². The molecule has 2 N–H and O–H groups in total. The van der Waals surface area contributed by atoms with Crippen molar-refractivity contribution in [3.05, 3.63) is 22.1 Å². The first-order valence-electron chi connectivity index (χ1n) is 5.12. The lowest BCUT2D eigenvalue weighted by molar-refractivity contribution is 0.881. The van der Waals surface area contributed by atoms with Gasteiger partial charge >= 0.3 is 0 Å². The Morgan fingerprint density at radius 1 is 1.44 bits per heavy atom. The van der Waals surface area contributed by atoms with Crippen LogP contribution in [0.2, 0.25) is 5.28 Å². The molecule has 7 nitrogen and oxygen atoms in total. The molecule has 0 fully saturated rings. The van der Waals surface area contributed by atoms with Crippen LogP contribution in [-0.2, 0) is 6.54 Å². The molecule has 0 aliphatic heterocycles. The number of thiophene rings is 1. The van der Waals surface area contributed by atoms with E-state index in [-0.39, 0.29) is 5.28 Å². The Morgan fingerprint density at radius 2 is 2.33 bits per heavy atom. The molecule has 0 atom stereocenters. The Kier molecular flexibility index (Phi) is 2.80. The van der Waals surface area contributed by atoms with Gasteiger partial charge in [-0.15, -0.1) is 21.5 Å². The monoisotopic (exact) mass is 281 g/mol. The Labute approximate surface area is 111 Å². The van der Waals surface area contributed by atoms with Gasteiger partial charge in [0.25, 0.3) is 0 Å². The van der Waals surface area contributed by atoms with Crippen LogP contribution in [0, 0.1) is 6.92 Å². The lowest BCUT2D eigenvalue weighted by atomic mass is 10.3. The maximum absolute atomic E-state index is 5.89. The number of aromatic nitrogens is 6. The number of halogens is 1. The molecule has 0 radical (unpaired) electrons. The van der Waals surface area contributed by atoms with Gasteiger partial charge in [-0.1, -0.05) is 5.21 Å². The highest BCUT2D eigenvalue weighted by atomic mass is 35.5. The normalized spacial score (nSPS) is 11.0. The number of hydrogen-bond acceptors (Lipinski definition) is 7. The van der Waals surface area contributed by atoms with Gasteiger partial charge in [0.2, 0.25) is 5.28 Å². The molecule has 0 aromatic carbocycles. The molecule has 0 amide bonds. The second kappa shape index (κ2) is 4.46. The molecule has 3 rings (SSSR count). The number of aromatic amines is 1. The number of aryl methyl sites for hydroxylation is 1. The first-order chi connectivity index (χ1) is 8.72. The minimum absolute atomic E-state index is 0.222. The summed E-state index contributed by atoms with van der Waals surface area (Å²) in [5, 5.41) is 17.9. The number of anilines is 1. The molecular formula is C9H8ClN7S. The smallest absolute Gasteiger partial charge is 0.225 e. The van der Waals surface area contributed by atoms with Crippen molar-refractivity contribution in [3.63, 3.8) is 0 Å². The van der Waals surface area contributed by atoms with Crippen molar-refractivity contribution in [2.45, 2.75) is 13.5 Å². The van der Waals surface area contributed by atoms with Gasteiger partial charge in [0, 0.05) is 4.88 Å². The Hall–Kier alpha value is -1.80. The van der Waals surface area contributed by atoms with E-state index in [0.29, 0.717) is 18.2 Å². The minimum Gasteiger partial charge on any atom is -0.362 e. The van der Waals surface area contributed by atoms with Crippen molar-refractivity contribution in [2.75, 3.05) is 5.32 Å². The van der Waals surface area contributed by atoms with Gasteiger partial charge in [-0.05, 0) is 24.6 Å². The van der Waals surface area contributed by atoms with E-state index in [1.54, 1.807) is 11.3 Å². The summed E-state index contributed by atoms with van der Waals surface area (Å²) in [5.41, 5.74) is 0. The van der Waals surface area contributed by atoms with Crippen LogP contribution in [0.15, 0.2) is 6.07 Å². The molecule has 0 saturated heterocycles. The van der Waals surface area contributed by atoms with Gasteiger partial charge < -0.3 is 5.32 Å². The summed E-state index contributed by atoms with van der Waals surface area (Å²) < 4.78 is 0.